The van der Waals surface area contributed by atoms with Crippen molar-refractivity contribution in [1.82, 2.24) is 19.7 Å². The van der Waals surface area contributed by atoms with Gasteiger partial charge in [-0.25, -0.2) is 4.98 Å². The maximum atomic E-state index is 12.4. The minimum atomic E-state index is -0.282. The van der Waals surface area contributed by atoms with Crippen molar-refractivity contribution in [2.24, 2.45) is 0 Å². The molecule has 0 bridgehead atoms. The zero-order valence-electron chi connectivity index (χ0n) is 14.1. The van der Waals surface area contributed by atoms with E-state index in [1.54, 1.807) is 30.9 Å². The maximum Gasteiger partial charge on any atom is 0.274 e. The fraction of sp³-hybridized carbons (Fsp3) is 0.222. The van der Waals surface area contributed by atoms with Crippen LogP contribution in [0.4, 0.5) is 5.69 Å². The predicted octanol–water partition coefficient (Wildman–Crippen LogP) is 2.76. The van der Waals surface area contributed by atoms with Crippen LogP contribution in [0, 0.1) is 0 Å². The summed E-state index contributed by atoms with van der Waals surface area (Å²) < 4.78 is 7.38. The third-order valence-electron chi connectivity index (χ3n) is 3.33. The van der Waals surface area contributed by atoms with Crippen molar-refractivity contribution < 1.29 is 9.53 Å². The largest absolute Gasteiger partial charge is 0.475 e. The van der Waals surface area contributed by atoms with E-state index in [4.69, 9.17) is 4.74 Å². The van der Waals surface area contributed by atoms with E-state index in [1.165, 1.54) is 0 Å². The summed E-state index contributed by atoms with van der Waals surface area (Å²) in [5.41, 5.74) is 2.04. The first-order valence-electron chi connectivity index (χ1n) is 7.96. The third kappa shape index (κ3) is 4.63. The highest BCUT2D eigenvalue weighted by Crippen LogP contribution is 2.14. The molecule has 0 spiro atoms. The Morgan fingerprint density at radius 2 is 1.92 bits per heavy atom. The quantitative estimate of drug-likeness (QED) is 0.748. The fourth-order valence-electron chi connectivity index (χ4n) is 2.31. The lowest BCUT2D eigenvalue weighted by Gasteiger charge is -2.10. The number of nitrogens with zero attached hydrogens (tertiary/aromatic N) is 4. The van der Waals surface area contributed by atoms with Crippen LogP contribution in [-0.4, -0.2) is 31.8 Å². The van der Waals surface area contributed by atoms with Gasteiger partial charge in [-0.15, -0.1) is 10.2 Å². The molecule has 0 aliphatic carbocycles. The average molecular weight is 337 g/mol. The van der Waals surface area contributed by atoms with Crippen molar-refractivity contribution in [2.45, 2.75) is 26.5 Å². The Balaban J connectivity index is 1.70. The number of rotatable bonds is 6. The number of pyridine rings is 1. The predicted molar refractivity (Wildman–Crippen MR) is 93.5 cm³/mol. The van der Waals surface area contributed by atoms with E-state index < -0.39 is 0 Å². The van der Waals surface area contributed by atoms with Gasteiger partial charge in [0.15, 0.2) is 0 Å². The highest BCUT2D eigenvalue weighted by Gasteiger charge is 2.10. The Bertz CT molecular complexity index is 846. The molecule has 0 atom stereocenters. The monoisotopic (exact) mass is 337 g/mol. The van der Waals surface area contributed by atoms with Crippen LogP contribution >= 0.6 is 0 Å². The first-order chi connectivity index (χ1) is 12.1. The molecular weight excluding hydrogens is 318 g/mol. The molecule has 0 saturated heterocycles. The molecule has 0 aliphatic heterocycles. The van der Waals surface area contributed by atoms with Gasteiger partial charge < -0.3 is 14.6 Å². The molecule has 1 N–H and O–H groups in total. The van der Waals surface area contributed by atoms with E-state index in [9.17, 15) is 4.79 Å². The summed E-state index contributed by atoms with van der Waals surface area (Å²) in [6, 6.07) is 12.8. The molecule has 3 aromatic rings. The van der Waals surface area contributed by atoms with E-state index in [0.717, 1.165) is 5.56 Å². The Kier molecular flexibility index (Phi) is 5.03. The molecule has 1 amide bonds. The van der Waals surface area contributed by atoms with Gasteiger partial charge in [0.2, 0.25) is 5.88 Å². The number of carbonyl (C=O) groups is 1. The van der Waals surface area contributed by atoms with Crippen LogP contribution in [0.3, 0.4) is 0 Å². The molecule has 7 heteroatoms. The second-order valence-electron chi connectivity index (χ2n) is 5.82. The number of nitrogens with one attached hydrogen (secondary N) is 1. The molecule has 7 nitrogen and oxygen atoms in total. The van der Waals surface area contributed by atoms with Crippen LogP contribution in [0.15, 0.2) is 55.1 Å². The molecule has 2 heterocycles. The number of aromatic nitrogens is 4. The van der Waals surface area contributed by atoms with Crippen LogP contribution in [-0.2, 0) is 6.54 Å². The Hall–Kier alpha value is -3.22. The molecule has 3 rings (SSSR count). The van der Waals surface area contributed by atoms with Gasteiger partial charge in [0.25, 0.3) is 5.91 Å². The van der Waals surface area contributed by atoms with Crippen molar-refractivity contribution in [2.75, 3.05) is 5.32 Å². The third-order valence-corrected chi connectivity index (χ3v) is 3.33. The van der Waals surface area contributed by atoms with E-state index in [0.29, 0.717) is 23.8 Å². The fourth-order valence-corrected chi connectivity index (χ4v) is 2.31. The van der Waals surface area contributed by atoms with E-state index in [-0.39, 0.29) is 12.0 Å². The van der Waals surface area contributed by atoms with Gasteiger partial charge in [-0.3, -0.25) is 4.79 Å². The Morgan fingerprint density at radius 3 is 2.68 bits per heavy atom. The van der Waals surface area contributed by atoms with Crippen LogP contribution < -0.4 is 10.1 Å². The molecule has 128 valence electrons. The summed E-state index contributed by atoms with van der Waals surface area (Å²) in [7, 11) is 0. The SMILES string of the molecule is CC(C)Oc1cccc(C(=O)Nc2cccc(Cn3cnnc3)c2)n1. The van der Waals surface area contributed by atoms with Crippen molar-refractivity contribution >= 4 is 11.6 Å². The number of hydrogen-bond donors (Lipinski definition) is 1. The zero-order chi connectivity index (χ0) is 17.6. The van der Waals surface area contributed by atoms with Gasteiger partial charge in [-0.05, 0) is 37.6 Å². The first kappa shape index (κ1) is 16.6. The lowest BCUT2D eigenvalue weighted by Crippen LogP contribution is -2.15. The maximum absolute atomic E-state index is 12.4. The summed E-state index contributed by atoms with van der Waals surface area (Å²) in [4.78, 5) is 16.7. The average Bonchev–Trinajstić information content (AvgIpc) is 3.08. The number of carbonyl (C=O) groups excluding carboxylic acids is 1. The highest BCUT2D eigenvalue weighted by atomic mass is 16.5. The zero-order valence-corrected chi connectivity index (χ0v) is 14.1. The summed E-state index contributed by atoms with van der Waals surface area (Å²) >= 11 is 0. The summed E-state index contributed by atoms with van der Waals surface area (Å²) in [5.74, 6) is 0.152. The number of amides is 1. The molecule has 25 heavy (non-hydrogen) atoms. The summed E-state index contributed by atoms with van der Waals surface area (Å²) in [6.45, 7) is 4.46. The van der Waals surface area contributed by atoms with Gasteiger partial charge in [0, 0.05) is 11.8 Å². The van der Waals surface area contributed by atoms with Crippen molar-refractivity contribution in [1.29, 1.82) is 0 Å². The normalized spacial score (nSPS) is 10.7. The number of ether oxygens (including phenoxy) is 1. The summed E-state index contributed by atoms with van der Waals surface area (Å²) in [6.07, 6.45) is 3.30. The van der Waals surface area contributed by atoms with Gasteiger partial charge in [0.1, 0.15) is 18.3 Å². The molecular formula is C18H19N5O2. The van der Waals surface area contributed by atoms with Crippen LogP contribution in [0.1, 0.15) is 29.9 Å². The lowest BCUT2D eigenvalue weighted by molar-refractivity contribution is 0.102. The van der Waals surface area contributed by atoms with Gasteiger partial charge >= 0.3 is 0 Å². The van der Waals surface area contributed by atoms with E-state index in [1.807, 2.05) is 42.7 Å². The summed E-state index contributed by atoms with van der Waals surface area (Å²) in [5, 5.41) is 10.4. The molecule has 2 aromatic heterocycles. The van der Waals surface area contributed by atoms with Crippen LogP contribution in [0.5, 0.6) is 5.88 Å². The van der Waals surface area contributed by atoms with Crippen LogP contribution in [0.25, 0.3) is 0 Å². The lowest BCUT2D eigenvalue weighted by atomic mass is 10.2. The van der Waals surface area contributed by atoms with Crippen molar-refractivity contribution in [3.8, 4) is 5.88 Å². The minimum absolute atomic E-state index is 0.000147. The standard InChI is InChI=1S/C18H19N5O2/c1-13(2)25-17-8-4-7-16(22-17)18(24)21-15-6-3-5-14(9-15)10-23-11-19-20-12-23/h3-9,11-13H,10H2,1-2H3,(H,21,24). The first-order valence-corrected chi connectivity index (χ1v) is 7.96. The van der Waals surface area contributed by atoms with E-state index >= 15 is 0 Å². The molecule has 1 aromatic carbocycles. The van der Waals surface area contributed by atoms with Crippen LogP contribution in [0.2, 0.25) is 0 Å². The molecule has 0 radical (unpaired) electrons. The number of hydrogen-bond acceptors (Lipinski definition) is 5. The molecule has 0 unspecified atom stereocenters. The molecule has 0 fully saturated rings. The second-order valence-corrected chi connectivity index (χ2v) is 5.82. The molecule has 0 aliphatic rings. The minimum Gasteiger partial charge on any atom is -0.475 e. The van der Waals surface area contributed by atoms with Gasteiger partial charge in [0.05, 0.1) is 12.6 Å². The smallest absolute Gasteiger partial charge is 0.274 e. The van der Waals surface area contributed by atoms with Gasteiger partial charge in [-0.2, -0.15) is 0 Å². The van der Waals surface area contributed by atoms with E-state index in [2.05, 4.69) is 20.5 Å². The molecule has 0 saturated carbocycles. The highest BCUT2D eigenvalue weighted by molar-refractivity contribution is 6.02. The Labute approximate surface area is 145 Å². The van der Waals surface area contributed by atoms with Crippen molar-refractivity contribution in [3.63, 3.8) is 0 Å². The Morgan fingerprint density at radius 1 is 1.16 bits per heavy atom. The number of anilines is 1. The van der Waals surface area contributed by atoms with Gasteiger partial charge in [-0.1, -0.05) is 18.2 Å². The topological polar surface area (TPSA) is 81.9 Å². The second kappa shape index (κ2) is 7.57. The van der Waals surface area contributed by atoms with Crippen molar-refractivity contribution in [3.05, 3.63) is 66.4 Å². The number of benzene rings is 1.